The van der Waals surface area contributed by atoms with Crippen molar-refractivity contribution in [3.05, 3.63) is 24.3 Å². The number of phenols is 1. The second-order valence-electron chi connectivity index (χ2n) is 3.67. The van der Waals surface area contributed by atoms with Crippen LogP contribution >= 0.6 is 12.2 Å². The van der Waals surface area contributed by atoms with E-state index in [1.165, 1.54) is 12.1 Å². The second-order valence-corrected chi connectivity index (χ2v) is 4.09. The highest BCUT2D eigenvalue weighted by Crippen LogP contribution is 2.21. The third kappa shape index (κ3) is 3.60. The topological polar surface area (TPSA) is 86.8 Å². The third-order valence-corrected chi connectivity index (χ3v) is 2.47. The zero-order chi connectivity index (χ0) is 13.0. The third-order valence-electron chi connectivity index (χ3n) is 2.28. The first-order valence-corrected chi connectivity index (χ1v) is 5.42. The Morgan fingerprint density at radius 3 is 2.41 bits per heavy atom. The van der Waals surface area contributed by atoms with Crippen molar-refractivity contribution >= 4 is 29.0 Å². The van der Waals surface area contributed by atoms with Crippen molar-refractivity contribution in [1.29, 1.82) is 0 Å². The number of hydrogen-bond acceptors (Lipinski definition) is 3. The minimum Gasteiger partial charge on any atom is -0.508 e. The fourth-order valence-electron chi connectivity index (χ4n) is 1.56. The molecule has 17 heavy (non-hydrogen) atoms. The first-order valence-electron chi connectivity index (χ1n) is 5.01. The van der Waals surface area contributed by atoms with E-state index in [0.29, 0.717) is 5.69 Å². The standard InChI is InChI=1S/C11H14N2O3S/c1-7(6-10(15)16)13(11(12)17)8-2-4-9(14)5-3-8/h2-5,7,14H,6H2,1H3,(H2,12,17)(H,15,16). The van der Waals surface area contributed by atoms with Crippen molar-refractivity contribution in [2.75, 3.05) is 4.90 Å². The van der Waals surface area contributed by atoms with Gasteiger partial charge in [-0.3, -0.25) is 4.79 Å². The molecule has 1 aromatic carbocycles. The zero-order valence-corrected chi connectivity index (χ0v) is 10.1. The van der Waals surface area contributed by atoms with Crippen molar-refractivity contribution in [2.24, 2.45) is 5.73 Å². The SMILES string of the molecule is CC(CC(=O)O)N(C(N)=S)c1ccc(O)cc1. The van der Waals surface area contributed by atoms with Crippen LogP contribution in [0.1, 0.15) is 13.3 Å². The first kappa shape index (κ1) is 13.2. The highest BCUT2D eigenvalue weighted by molar-refractivity contribution is 7.80. The molecule has 0 saturated heterocycles. The first-order chi connectivity index (χ1) is 7.91. The van der Waals surface area contributed by atoms with E-state index in [9.17, 15) is 9.90 Å². The molecular weight excluding hydrogens is 240 g/mol. The van der Waals surface area contributed by atoms with E-state index in [-0.39, 0.29) is 23.3 Å². The lowest BCUT2D eigenvalue weighted by Gasteiger charge is -2.28. The van der Waals surface area contributed by atoms with Crippen LogP contribution in [0.4, 0.5) is 5.69 Å². The molecule has 0 heterocycles. The number of aromatic hydroxyl groups is 1. The molecule has 4 N–H and O–H groups in total. The summed E-state index contributed by atoms with van der Waals surface area (Å²) < 4.78 is 0. The van der Waals surface area contributed by atoms with Gasteiger partial charge in [-0.2, -0.15) is 0 Å². The van der Waals surface area contributed by atoms with Crippen LogP contribution in [0, 0.1) is 0 Å². The van der Waals surface area contributed by atoms with E-state index in [4.69, 9.17) is 23.1 Å². The number of thiocarbonyl (C=S) groups is 1. The molecule has 0 fully saturated rings. The minimum atomic E-state index is -0.919. The fraction of sp³-hybridized carbons (Fsp3) is 0.273. The number of phenolic OH excluding ortho intramolecular Hbond substituents is 1. The lowest BCUT2D eigenvalue weighted by molar-refractivity contribution is -0.137. The van der Waals surface area contributed by atoms with Crippen LogP contribution in [-0.2, 0) is 4.79 Å². The molecule has 0 spiro atoms. The molecule has 5 nitrogen and oxygen atoms in total. The smallest absolute Gasteiger partial charge is 0.305 e. The predicted octanol–water partition coefficient (Wildman–Crippen LogP) is 1.31. The highest BCUT2D eigenvalue weighted by atomic mass is 32.1. The Labute approximate surface area is 104 Å². The average Bonchev–Trinajstić information content (AvgIpc) is 2.19. The molecule has 6 heteroatoms. The van der Waals surface area contributed by atoms with Gasteiger partial charge in [0.25, 0.3) is 0 Å². The summed E-state index contributed by atoms with van der Waals surface area (Å²) in [6.07, 6.45) is -0.0712. The van der Waals surface area contributed by atoms with Gasteiger partial charge in [0.15, 0.2) is 5.11 Å². The monoisotopic (exact) mass is 254 g/mol. The summed E-state index contributed by atoms with van der Waals surface area (Å²) in [7, 11) is 0. The van der Waals surface area contributed by atoms with E-state index in [2.05, 4.69) is 0 Å². The molecular formula is C11H14N2O3S. The largest absolute Gasteiger partial charge is 0.508 e. The van der Waals surface area contributed by atoms with Gasteiger partial charge in [-0.25, -0.2) is 0 Å². The minimum absolute atomic E-state index is 0.0712. The number of carboxylic acids is 1. The lowest BCUT2D eigenvalue weighted by Crippen LogP contribution is -2.43. The number of benzene rings is 1. The molecule has 1 rings (SSSR count). The molecule has 1 atom stereocenters. The second kappa shape index (κ2) is 5.49. The van der Waals surface area contributed by atoms with Gasteiger partial charge >= 0.3 is 5.97 Å². The maximum Gasteiger partial charge on any atom is 0.305 e. The number of nitrogens with two attached hydrogens (primary N) is 1. The van der Waals surface area contributed by atoms with E-state index in [1.54, 1.807) is 24.0 Å². The molecule has 92 valence electrons. The number of carboxylic acid groups (broad SMARTS) is 1. The van der Waals surface area contributed by atoms with Crippen LogP contribution in [0.3, 0.4) is 0 Å². The molecule has 0 aliphatic heterocycles. The summed E-state index contributed by atoms with van der Waals surface area (Å²) >= 11 is 4.91. The molecule has 0 radical (unpaired) electrons. The molecule has 0 aliphatic carbocycles. The van der Waals surface area contributed by atoms with Crippen LogP contribution in [0.25, 0.3) is 0 Å². The van der Waals surface area contributed by atoms with E-state index >= 15 is 0 Å². The molecule has 0 aromatic heterocycles. The summed E-state index contributed by atoms with van der Waals surface area (Å²) in [6.45, 7) is 1.72. The number of aliphatic carboxylic acids is 1. The fourth-order valence-corrected chi connectivity index (χ4v) is 1.84. The van der Waals surface area contributed by atoms with Gasteiger partial charge in [-0.05, 0) is 43.4 Å². The maximum atomic E-state index is 10.7. The summed E-state index contributed by atoms with van der Waals surface area (Å²) in [5.41, 5.74) is 6.24. The van der Waals surface area contributed by atoms with Crippen LogP contribution in [0.5, 0.6) is 5.75 Å². The predicted molar refractivity (Wildman–Crippen MR) is 69.1 cm³/mol. The number of carbonyl (C=O) groups is 1. The summed E-state index contributed by atoms with van der Waals surface area (Å²) in [5, 5.41) is 18.0. The quantitative estimate of drug-likeness (QED) is 0.702. The average molecular weight is 254 g/mol. The summed E-state index contributed by atoms with van der Waals surface area (Å²) in [4.78, 5) is 12.2. The number of hydrogen-bond donors (Lipinski definition) is 3. The van der Waals surface area contributed by atoms with Crippen molar-refractivity contribution in [3.63, 3.8) is 0 Å². The van der Waals surface area contributed by atoms with Crippen LogP contribution in [0.15, 0.2) is 24.3 Å². The van der Waals surface area contributed by atoms with E-state index in [0.717, 1.165) is 0 Å². The van der Waals surface area contributed by atoms with Gasteiger partial charge in [0.1, 0.15) is 5.75 Å². The van der Waals surface area contributed by atoms with Crippen molar-refractivity contribution < 1.29 is 15.0 Å². The van der Waals surface area contributed by atoms with Crippen LogP contribution in [-0.4, -0.2) is 27.3 Å². The lowest BCUT2D eigenvalue weighted by atomic mass is 10.2. The Bertz CT molecular complexity index is 419. The zero-order valence-electron chi connectivity index (χ0n) is 9.33. The normalized spacial score (nSPS) is 11.8. The van der Waals surface area contributed by atoms with E-state index < -0.39 is 5.97 Å². The van der Waals surface area contributed by atoms with Crippen molar-refractivity contribution in [1.82, 2.24) is 0 Å². The Morgan fingerprint density at radius 2 is 2.00 bits per heavy atom. The van der Waals surface area contributed by atoms with Gasteiger partial charge < -0.3 is 20.8 Å². The van der Waals surface area contributed by atoms with Crippen LogP contribution < -0.4 is 10.6 Å². The van der Waals surface area contributed by atoms with Gasteiger partial charge in [-0.1, -0.05) is 0 Å². The summed E-state index contributed by atoms with van der Waals surface area (Å²) in [6, 6.07) is 5.90. The van der Waals surface area contributed by atoms with Gasteiger partial charge in [0, 0.05) is 11.7 Å². The summed E-state index contributed by atoms with van der Waals surface area (Å²) in [5.74, 6) is -0.792. The number of nitrogens with zero attached hydrogens (tertiary/aromatic N) is 1. The highest BCUT2D eigenvalue weighted by Gasteiger charge is 2.19. The molecule has 1 unspecified atom stereocenters. The molecule has 0 saturated carbocycles. The number of rotatable bonds is 4. The van der Waals surface area contributed by atoms with Gasteiger partial charge in [0.2, 0.25) is 0 Å². The van der Waals surface area contributed by atoms with Crippen LogP contribution in [0.2, 0.25) is 0 Å². The molecule has 0 amide bonds. The molecule has 0 aliphatic rings. The maximum absolute atomic E-state index is 10.7. The Hall–Kier alpha value is -1.82. The Kier molecular flexibility index (Phi) is 4.28. The van der Waals surface area contributed by atoms with E-state index in [1.807, 2.05) is 0 Å². The van der Waals surface area contributed by atoms with Gasteiger partial charge in [0.05, 0.1) is 6.42 Å². The molecule has 1 aromatic rings. The Balaban J connectivity index is 2.96. The molecule has 0 bridgehead atoms. The Morgan fingerprint density at radius 1 is 1.47 bits per heavy atom. The van der Waals surface area contributed by atoms with Crippen molar-refractivity contribution in [3.8, 4) is 5.75 Å². The van der Waals surface area contributed by atoms with Crippen molar-refractivity contribution in [2.45, 2.75) is 19.4 Å². The number of anilines is 1. The van der Waals surface area contributed by atoms with Gasteiger partial charge in [-0.15, -0.1) is 0 Å².